The summed E-state index contributed by atoms with van der Waals surface area (Å²) in [7, 11) is 0. The van der Waals surface area contributed by atoms with Crippen LogP contribution in [0.3, 0.4) is 0 Å². The standard InChI is InChI=1S/C36H22N4/c37-22-24-10-9-15-30(36(24)40-34-18-7-3-13-28(34)29-14-4-8-19-35(29)40)31-21-20-25(23-38-31)39-32-16-5-1-11-26(32)27-12-2-6-17-33(27)39/h1-21,23H. The van der Waals surface area contributed by atoms with Crippen molar-refractivity contribution in [3.05, 3.63) is 139 Å². The first-order chi connectivity index (χ1) is 19.8. The van der Waals surface area contributed by atoms with Gasteiger partial charge in [-0.3, -0.25) is 4.98 Å². The Morgan fingerprint density at radius 1 is 0.500 bits per heavy atom. The minimum Gasteiger partial charge on any atom is -0.308 e. The van der Waals surface area contributed by atoms with Gasteiger partial charge in [0.15, 0.2) is 0 Å². The van der Waals surface area contributed by atoms with Crippen LogP contribution >= 0.6 is 0 Å². The van der Waals surface area contributed by atoms with Gasteiger partial charge in [-0.2, -0.15) is 5.26 Å². The molecule has 0 spiro atoms. The summed E-state index contributed by atoms with van der Waals surface area (Å²) in [5.41, 5.74) is 8.61. The van der Waals surface area contributed by atoms with E-state index in [0.29, 0.717) is 5.56 Å². The summed E-state index contributed by atoms with van der Waals surface area (Å²) < 4.78 is 4.47. The SMILES string of the molecule is N#Cc1cccc(-c2ccc(-n3c4ccccc4c4ccccc43)cn2)c1-n1c2ccccc2c2ccccc21. The van der Waals surface area contributed by atoms with E-state index in [0.717, 1.165) is 55.5 Å². The van der Waals surface area contributed by atoms with Crippen molar-refractivity contribution in [3.63, 3.8) is 0 Å². The zero-order valence-corrected chi connectivity index (χ0v) is 21.5. The van der Waals surface area contributed by atoms with Crippen molar-refractivity contribution in [2.24, 2.45) is 0 Å². The van der Waals surface area contributed by atoms with Gasteiger partial charge in [0.2, 0.25) is 0 Å². The average Bonchev–Trinajstić information content (AvgIpc) is 3.54. The Hall–Kier alpha value is -5.66. The topological polar surface area (TPSA) is 46.5 Å². The van der Waals surface area contributed by atoms with Gasteiger partial charge in [-0.15, -0.1) is 0 Å². The molecule has 0 radical (unpaired) electrons. The van der Waals surface area contributed by atoms with Crippen molar-refractivity contribution in [2.45, 2.75) is 0 Å². The van der Waals surface area contributed by atoms with E-state index in [1.807, 2.05) is 30.5 Å². The van der Waals surface area contributed by atoms with Gasteiger partial charge < -0.3 is 9.13 Å². The molecule has 0 saturated heterocycles. The molecular formula is C36H22N4. The monoisotopic (exact) mass is 510 g/mol. The number of pyridine rings is 1. The van der Waals surface area contributed by atoms with Gasteiger partial charge >= 0.3 is 0 Å². The lowest BCUT2D eigenvalue weighted by Gasteiger charge is -2.16. The van der Waals surface area contributed by atoms with Crippen LogP contribution in [0, 0.1) is 11.3 Å². The molecule has 0 saturated carbocycles. The maximum Gasteiger partial charge on any atom is 0.101 e. The Kier molecular flexibility index (Phi) is 4.85. The van der Waals surface area contributed by atoms with E-state index >= 15 is 0 Å². The highest BCUT2D eigenvalue weighted by molar-refractivity contribution is 6.10. The number of para-hydroxylation sites is 5. The Balaban J connectivity index is 1.36. The first-order valence-corrected chi connectivity index (χ1v) is 13.3. The third kappa shape index (κ3) is 3.15. The summed E-state index contributed by atoms with van der Waals surface area (Å²) in [6.45, 7) is 0. The fraction of sp³-hybridized carbons (Fsp3) is 0. The summed E-state index contributed by atoms with van der Waals surface area (Å²) in [5, 5.41) is 15.0. The van der Waals surface area contributed by atoms with E-state index < -0.39 is 0 Å². The van der Waals surface area contributed by atoms with Crippen molar-refractivity contribution >= 4 is 43.6 Å². The molecule has 8 aromatic rings. The number of nitrogens with zero attached hydrogens (tertiary/aromatic N) is 4. The van der Waals surface area contributed by atoms with Gasteiger partial charge in [0.25, 0.3) is 0 Å². The van der Waals surface area contributed by atoms with Crippen LogP contribution in [0.4, 0.5) is 0 Å². The second-order valence-electron chi connectivity index (χ2n) is 9.95. The number of aromatic nitrogens is 3. The van der Waals surface area contributed by atoms with Crippen LogP contribution in [-0.2, 0) is 0 Å². The van der Waals surface area contributed by atoms with E-state index in [9.17, 15) is 5.26 Å². The highest BCUT2D eigenvalue weighted by atomic mass is 15.0. The molecule has 0 fully saturated rings. The Morgan fingerprint density at radius 2 is 1.00 bits per heavy atom. The Bertz CT molecular complexity index is 2170. The lowest BCUT2D eigenvalue weighted by Crippen LogP contribution is -2.02. The van der Waals surface area contributed by atoms with Crippen molar-refractivity contribution in [1.29, 1.82) is 5.26 Å². The number of benzene rings is 5. The predicted molar refractivity (Wildman–Crippen MR) is 163 cm³/mol. The second-order valence-corrected chi connectivity index (χ2v) is 9.95. The Labute approximate surface area is 230 Å². The summed E-state index contributed by atoms with van der Waals surface area (Å²) in [4.78, 5) is 4.98. The van der Waals surface area contributed by atoms with Gasteiger partial charge in [0, 0.05) is 27.1 Å². The van der Waals surface area contributed by atoms with Crippen LogP contribution in [0.1, 0.15) is 5.56 Å². The molecule has 40 heavy (non-hydrogen) atoms. The summed E-state index contributed by atoms with van der Waals surface area (Å²) in [6, 6.07) is 46.2. The van der Waals surface area contributed by atoms with Crippen LogP contribution in [0.5, 0.6) is 0 Å². The van der Waals surface area contributed by atoms with Crippen LogP contribution in [-0.4, -0.2) is 14.1 Å². The van der Waals surface area contributed by atoms with E-state index in [1.165, 1.54) is 10.8 Å². The molecule has 3 heterocycles. The van der Waals surface area contributed by atoms with Gasteiger partial charge in [0.05, 0.1) is 50.9 Å². The lowest BCUT2D eigenvalue weighted by atomic mass is 10.0. The van der Waals surface area contributed by atoms with E-state index in [4.69, 9.17) is 4.98 Å². The van der Waals surface area contributed by atoms with Crippen LogP contribution in [0.15, 0.2) is 134 Å². The number of fused-ring (bicyclic) bond motifs is 6. The van der Waals surface area contributed by atoms with Crippen LogP contribution < -0.4 is 0 Å². The Morgan fingerprint density at radius 3 is 1.48 bits per heavy atom. The summed E-state index contributed by atoms with van der Waals surface area (Å²) >= 11 is 0. The number of nitriles is 1. The molecule has 0 N–H and O–H groups in total. The van der Waals surface area contributed by atoms with Crippen LogP contribution in [0.2, 0.25) is 0 Å². The van der Waals surface area contributed by atoms with Gasteiger partial charge in [0.1, 0.15) is 6.07 Å². The lowest BCUT2D eigenvalue weighted by molar-refractivity contribution is 1.13. The predicted octanol–water partition coefficient (Wildman–Crippen LogP) is 8.81. The highest BCUT2D eigenvalue weighted by Gasteiger charge is 2.19. The van der Waals surface area contributed by atoms with Crippen LogP contribution in [0.25, 0.3) is 66.2 Å². The minimum absolute atomic E-state index is 0.609. The molecule has 4 heteroatoms. The fourth-order valence-electron chi connectivity index (χ4n) is 6.12. The third-order valence-corrected chi connectivity index (χ3v) is 7.82. The molecule has 5 aromatic carbocycles. The number of hydrogen-bond acceptors (Lipinski definition) is 2. The second kappa shape index (κ2) is 8.69. The molecule has 4 nitrogen and oxygen atoms in total. The molecule has 3 aromatic heterocycles. The normalized spacial score (nSPS) is 11.5. The zero-order chi connectivity index (χ0) is 26.6. The first kappa shape index (κ1) is 22.3. The first-order valence-electron chi connectivity index (χ1n) is 13.3. The molecule has 0 aliphatic rings. The molecular weight excluding hydrogens is 488 g/mol. The number of hydrogen-bond donors (Lipinski definition) is 0. The van der Waals surface area contributed by atoms with Gasteiger partial charge in [-0.05, 0) is 42.5 Å². The van der Waals surface area contributed by atoms with E-state index in [-0.39, 0.29) is 0 Å². The van der Waals surface area contributed by atoms with Gasteiger partial charge in [-0.25, -0.2) is 0 Å². The van der Waals surface area contributed by atoms with Crippen molar-refractivity contribution < 1.29 is 0 Å². The zero-order valence-electron chi connectivity index (χ0n) is 21.5. The average molecular weight is 511 g/mol. The third-order valence-electron chi connectivity index (χ3n) is 7.82. The summed E-state index contributed by atoms with van der Waals surface area (Å²) in [5.74, 6) is 0. The smallest absolute Gasteiger partial charge is 0.101 e. The molecule has 0 atom stereocenters. The maximum atomic E-state index is 10.2. The van der Waals surface area contributed by atoms with E-state index in [1.54, 1.807) is 0 Å². The number of rotatable bonds is 3. The van der Waals surface area contributed by atoms with E-state index in [2.05, 4.69) is 118 Å². The molecule has 0 aliphatic heterocycles. The minimum atomic E-state index is 0.609. The van der Waals surface area contributed by atoms with Crippen molar-refractivity contribution in [1.82, 2.24) is 14.1 Å². The molecule has 0 amide bonds. The highest BCUT2D eigenvalue weighted by Crippen LogP contribution is 2.38. The van der Waals surface area contributed by atoms with Gasteiger partial charge in [-0.1, -0.05) is 84.9 Å². The van der Waals surface area contributed by atoms with Crippen molar-refractivity contribution in [3.8, 4) is 28.7 Å². The largest absolute Gasteiger partial charge is 0.308 e. The molecule has 0 unspecified atom stereocenters. The quantitative estimate of drug-likeness (QED) is 0.238. The molecule has 186 valence electrons. The molecule has 8 rings (SSSR count). The molecule has 0 bridgehead atoms. The van der Waals surface area contributed by atoms with Crippen molar-refractivity contribution in [2.75, 3.05) is 0 Å². The summed E-state index contributed by atoms with van der Waals surface area (Å²) in [6.07, 6.45) is 1.93. The fourth-order valence-corrected chi connectivity index (χ4v) is 6.12. The maximum absolute atomic E-state index is 10.2. The molecule has 0 aliphatic carbocycles.